The summed E-state index contributed by atoms with van der Waals surface area (Å²) in [5.41, 5.74) is 2.16. The number of nitriles is 1. The SMILES string of the molecule is Cc1cc(C(=O)OCC#N)c(C)[nH]1. The van der Waals surface area contributed by atoms with Crippen molar-refractivity contribution in [1.29, 1.82) is 5.26 Å². The lowest BCUT2D eigenvalue weighted by atomic mass is 10.2. The molecule has 1 rings (SSSR count). The molecule has 4 heteroatoms. The minimum atomic E-state index is -0.455. The van der Waals surface area contributed by atoms with E-state index in [0.717, 1.165) is 11.4 Å². The highest BCUT2D eigenvalue weighted by Gasteiger charge is 2.11. The number of nitrogens with zero attached hydrogens (tertiary/aromatic N) is 1. The summed E-state index contributed by atoms with van der Waals surface area (Å²) < 4.78 is 4.65. The fraction of sp³-hybridized carbons (Fsp3) is 0.333. The van der Waals surface area contributed by atoms with Crippen LogP contribution in [0.1, 0.15) is 21.7 Å². The second-order valence-electron chi connectivity index (χ2n) is 2.73. The molecule has 0 aliphatic rings. The number of H-pyrrole nitrogens is 1. The van der Waals surface area contributed by atoms with E-state index in [1.807, 2.05) is 6.92 Å². The van der Waals surface area contributed by atoms with Gasteiger partial charge in [0.1, 0.15) is 6.07 Å². The molecule has 1 N–H and O–H groups in total. The summed E-state index contributed by atoms with van der Waals surface area (Å²) in [7, 11) is 0. The Balaban J connectivity index is 2.78. The Morgan fingerprint density at radius 3 is 2.85 bits per heavy atom. The van der Waals surface area contributed by atoms with Gasteiger partial charge in [-0.05, 0) is 19.9 Å². The van der Waals surface area contributed by atoms with Crippen LogP contribution in [-0.4, -0.2) is 17.6 Å². The molecule has 0 aromatic carbocycles. The van der Waals surface area contributed by atoms with E-state index in [-0.39, 0.29) is 6.61 Å². The van der Waals surface area contributed by atoms with E-state index in [0.29, 0.717) is 5.56 Å². The molecule has 68 valence electrons. The van der Waals surface area contributed by atoms with Crippen molar-refractivity contribution in [2.75, 3.05) is 6.61 Å². The van der Waals surface area contributed by atoms with E-state index in [1.165, 1.54) is 0 Å². The lowest BCUT2D eigenvalue weighted by molar-refractivity contribution is 0.0554. The van der Waals surface area contributed by atoms with Crippen molar-refractivity contribution < 1.29 is 9.53 Å². The molecular formula is C9H10N2O2. The van der Waals surface area contributed by atoms with Crippen LogP contribution in [0.4, 0.5) is 0 Å². The van der Waals surface area contributed by atoms with Gasteiger partial charge in [-0.15, -0.1) is 0 Å². The molecular weight excluding hydrogens is 168 g/mol. The van der Waals surface area contributed by atoms with Crippen LogP contribution >= 0.6 is 0 Å². The first-order valence-corrected chi connectivity index (χ1v) is 3.85. The molecule has 0 unspecified atom stereocenters. The molecule has 0 aliphatic heterocycles. The number of hydrogen-bond donors (Lipinski definition) is 1. The number of aryl methyl sites for hydroxylation is 2. The van der Waals surface area contributed by atoms with E-state index in [1.54, 1.807) is 19.1 Å². The number of carbonyl (C=O) groups excluding carboxylic acids is 1. The smallest absolute Gasteiger partial charge is 0.340 e. The van der Waals surface area contributed by atoms with Gasteiger partial charge in [0.2, 0.25) is 0 Å². The molecule has 1 aromatic heterocycles. The van der Waals surface area contributed by atoms with Gasteiger partial charge in [0.25, 0.3) is 0 Å². The van der Waals surface area contributed by atoms with Gasteiger partial charge >= 0.3 is 5.97 Å². The molecule has 0 saturated heterocycles. The van der Waals surface area contributed by atoms with Crippen LogP contribution in [0.2, 0.25) is 0 Å². The van der Waals surface area contributed by atoms with Crippen LogP contribution in [0.5, 0.6) is 0 Å². The van der Waals surface area contributed by atoms with Crippen LogP contribution in [0, 0.1) is 25.2 Å². The van der Waals surface area contributed by atoms with Crippen molar-refractivity contribution in [2.45, 2.75) is 13.8 Å². The molecule has 1 heterocycles. The normalized spacial score (nSPS) is 9.31. The average molecular weight is 178 g/mol. The van der Waals surface area contributed by atoms with Crippen LogP contribution < -0.4 is 0 Å². The maximum atomic E-state index is 11.2. The second-order valence-corrected chi connectivity index (χ2v) is 2.73. The number of rotatable bonds is 2. The van der Waals surface area contributed by atoms with Gasteiger partial charge in [0.15, 0.2) is 6.61 Å². The van der Waals surface area contributed by atoms with Crippen LogP contribution in [0.3, 0.4) is 0 Å². The average Bonchev–Trinajstić information content (AvgIpc) is 2.41. The van der Waals surface area contributed by atoms with Gasteiger partial charge in [-0.1, -0.05) is 0 Å². The molecule has 13 heavy (non-hydrogen) atoms. The summed E-state index contributed by atoms with van der Waals surface area (Å²) >= 11 is 0. The maximum Gasteiger partial charge on any atom is 0.340 e. The third kappa shape index (κ3) is 2.09. The van der Waals surface area contributed by atoms with Gasteiger partial charge in [-0.2, -0.15) is 5.26 Å². The van der Waals surface area contributed by atoms with Crippen LogP contribution in [-0.2, 0) is 4.74 Å². The molecule has 0 atom stereocenters. The Bertz CT molecular complexity index is 360. The number of hydrogen-bond acceptors (Lipinski definition) is 3. The summed E-state index contributed by atoms with van der Waals surface area (Å²) in [4.78, 5) is 14.2. The molecule has 0 radical (unpaired) electrons. The van der Waals surface area contributed by atoms with Crippen LogP contribution in [0.25, 0.3) is 0 Å². The lowest BCUT2D eigenvalue weighted by Crippen LogP contribution is -2.05. The van der Waals surface area contributed by atoms with Crippen molar-refractivity contribution >= 4 is 5.97 Å². The Morgan fingerprint density at radius 2 is 2.38 bits per heavy atom. The summed E-state index contributed by atoms with van der Waals surface area (Å²) in [6.45, 7) is 3.44. The van der Waals surface area contributed by atoms with E-state index in [9.17, 15) is 4.79 Å². The number of ether oxygens (including phenoxy) is 1. The zero-order valence-electron chi connectivity index (χ0n) is 7.55. The number of esters is 1. The van der Waals surface area contributed by atoms with Crippen molar-refractivity contribution in [1.82, 2.24) is 4.98 Å². The molecule has 0 saturated carbocycles. The predicted molar refractivity (Wildman–Crippen MR) is 46.2 cm³/mol. The minimum Gasteiger partial charge on any atom is -0.447 e. The Kier molecular flexibility index (Phi) is 2.70. The molecule has 4 nitrogen and oxygen atoms in total. The number of aromatic nitrogens is 1. The topological polar surface area (TPSA) is 65.9 Å². The summed E-state index contributed by atoms with van der Waals surface area (Å²) in [5.74, 6) is -0.455. The monoisotopic (exact) mass is 178 g/mol. The molecule has 0 amide bonds. The highest BCUT2D eigenvalue weighted by Crippen LogP contribution is 2.10. The van der Waals surface area contributed by atoms with E-state index in [2.05, 4.69) is 9.72 Å². The number of nitrogens with one attached hydrogen (secondary N) is 1. The predicted octanol–water partition coefficient (Wildman–Crippen LogP) is 1.31. The van der Waals surface area contributed by atoms with E-state index in [4.69, 9.17) is 5.26 Å². The highest BCUT2D eigenvalue weighted by molar-refractivity contribution is 5.91. The Morgan fingerprint density at radius 1 is 1.69 bits per heavy atom. The second kappa shape index (κ2) is 3.76. The fourth-order valence-electron chi connectivity index (χ4n) is 1.11. The van der Waals surface area contributed by atoms with Crippen molar-refractivity contribution in [3.63, 3.8) is 0 Å². The van der Waals surface area contributed by atoms with Crippen LogP contribution in [0.15, 0.2) is 6.07 Å². The molecule has 0 fully saturated rings. The molecule has 1 aromatic rings. The quantitative estimate of drug-likeness (QED) is 0.694. The number of carbonyl (C=O) groups is 1. The van der Waals surface area contributed by atoms with Gasteiger partial charge in [0, 0.05) is 11.4 Å². The van der Waals surface area contributed by atoms with Crippen molar-refractivity contribution in [2.24, 2.45) is 0 Å². The first kappa shape index (κ1) is 9.33. The zero-order valence-corrected chi connectivity index (χ0v) is 7.55. The third-order valence-corrected chi connectivity index (χ3v) is 1.64. The van der Waals surface area contributed by atoms with Crippen molar-refractivity contribution in [3.05, 3.63) is 23.0 Å². The molecule has 0 aliphatic carbocycles. The first-order valence-electron chi connectivity index (χ1n) is 3.85. The fourth-order valence-corrected chi connectivity index (χ4v) is 1.11. The third-order valence-electron chi connectivity index (χ3n) is 1.64. The Labute approximate surface area is 76.1 Å². The number of aromatic amines is 1. The first-order chi connectivity index (χ1) is 6.15. The van der Waals surface area contributed by atoms with Gasteiger partial charge in [-0.3, -0.25) is 0 Å². The zero-order chi connectivity index (χ0) is 9.84. The van der Waals surface area contributed by atoms with Gasteiger partial charge < -0.3 is 9.72 Å². The highest BCUT2D eigenvalue weighted by atomic mass is 16.5. The van der Waals surface area contributed by atoms with Gasteiger partial charge in [0.05, 0.1) is 5.56 Å². The summed E-state index contributed by atoms with van der Waals surface area (Å²) in [5, 5.41) is 8.20. The van der Waals surface area contributed by atoms with Crippen molar-refractivity contribution in [3.8, 4) is 6.07 Å². The van der Waals surface area contributed by atoms with E-state index >= 15 is 0 Å². The lowest BCUT2D eigenvalue weighted by Gasteiger charge is -1.97. The largest absolute Gasteiger partial charge is 0.447 e. The summed E-state index contributed by atoms with van der Waals surface area (Å²) in [6, 6.07) is 3.44. The maximum absolute atomic E-state index is 11.2. The Hall–Kier alpha value is -1.76. The minimum absolute atomic E-state index is 0.206. The molecule has 0 spiro atoms. The van der Waals surface area contributed by atoms with E-state index < -0.39 is 5.97 Å². The summed E-state index contributed by atoms with van der Waals surface area (Å²) in [6.07, 6.45) is 0. The molecule has 0 bridgehead atoms. The van der Waals surface area contributed by atoms with Gasteiger partial charge in [-0.25, -0.2) is 4.79 Å². The standard InChI is InChI=1S/C9H10N2O2/c1-6-5-8(7(2)11-6)9(12)13-4-3-10/h5,11H,4H2,1-2H3.